The molecule has 0 spiro atoms. The maximum absolute atomic E-state index is 13.3. The molecule has 0 aliphatic carbocycles. The van der Waals surface area contributed by atoms with E-state index >= 15 is 0 Å². The largest absolute Gasteiger partial charge is 0.440 e. The second-order valence-electron chi connectivity index (χ2n) is 8.56. The van der Waals surface area contributed by atoms with E-state index < -0.39 is 52.8 Å². The van der Waals surface area contributed by atoms with Gasteiger partial charge in [-0.15, -0.1) is 0 Å². The number of aromatic nitrogens is 2. The van der Waals surface area contributed by atoms with Crippen molar-refractivity contribution < 1.29 is 31.1 Å². The first-order chi connectivity index (χ1) is 16.1. The topological polar surface area (TPSA) is 64.1 Å². The van der Waals surface area contributed by atoms with Crippen LogP contribution in [0.5, 0.6) is 11.6 Å². The Bertz CT molecular complexity index is 1320. The Morgan fingerprint density at radius 1 is 0.857 bits per heavy atom. The van der Waals surface area contributed by atoms with Gasteiger partial charge in [-0.05, 0) is 66.8 Å². The predicted octanol–water partition coefficient (Wildman–Crippen LogP) is 6.16. The Hall–Kier alpha value is -3.50. The number of ether oxygens (including phenoxy) is 1. The number of nitrogens with zero attached hydrogens (tertiary/aromatic N) is 1. The van der Waals surface area contributed by atoms with Crippen LogP contribution in [0.1, 0.15) is 53.1 Å². The number of alkyl halides is 6. The smallest absolute Gasteiger partial charge is 0.416 e. The number of nitrogens with one attached hydrogen (secondary N) is 1. The van der Waals surface area contributed by atoms with Crippen molar-refractivity contribution in [1.82, 2.24) is 9.55 Å². The molecule has 0 fully saturated rings. The SMILES string of the molecule is Cc1cc(C)cc(Oc2c(C(C)C)c(=O)[nH]c(=O)n2Cc2cc(C(F)(F)F)cc(C(F)(F)F)c2)c1. The molecular weight excluding hydrogens is 478 g/mol. The molecule has 0 unspecified atom stereocenters. The summed E-state index contributed by atoms with van der Waals surface area (Å²) in [5.41, 5.74) is -3.64. The summed E-state index contributed by atoms with van der Waals surface area (Å²) in [4.78, 5) is 27.3. The van der Waals surface area contributed by atoms with Crippen LogP contribution >= 0.6 is 0 Å². The average molecular weight is 500 g/mol. The number of aryl methyl sites for hydroxylation is 2. The maximum Gasteiger partial charge on any atom is 0.416 e. The first-order valence-electron chi connectivity index (χ1n) is 10.5. The lowest BCUT2D eigenvalue weighted by molar-refractivity contribution is -0.143. The van der Waals surface area contributed by atoms with Crippen LogP contribution in [-0.4, -0.2) is 9.55 Å². The van der Waals surface area contributed by atoms with Crippen LogP contribution in [0.15, 0.2) is 46.0 Å². The normalized spacial score (nSPS) is 12.3. The Balaban J connectivity index is 2.25. The summed E-state index contributed by atoms with van der Waals surface area (Å²) in [5.74, 6) is -0.494. The molecular formula is C24H22F6N2O3. The number of halogens is 6. The first kappa shape index (κ1) is 26.1. The van der Waals surface area contributed by atoms with Crippen molar-refractivity contribution in [2.75, 3.05) is 0 Å². The molecule has 1 N–H and O–H groups in total. The molecule has 0 bridgehead atoms. The van der Waals surface area contributed by atoms with Crippen molar-refractivity contribution in [3.63, 3.8) is 0 Å². The fraction of sp³-hybridized carbons (Fsp3) is 0.333. The highest BCUT2D eigenvalue weighted by molar-refractivity contribution is 5.39. The second kappa shape index (κ2) is 9.27. The van der Waals surface area contributed by atoms with Gasteiger partial charge < -0.3 is 4.74 Å². The molecule has 0 aliphatic rings. The molecule has 3 rings (SSSR count). The van der Waals surface area contributed by atoms with E-state index in [0.717, 1.165) is 15.7 Å². The van der Waals surface area contributed by atoms with Gasteiger partial charge in [-0.2, -0.15) is 26.3 Å². The van der Waals surface area contributed by atoms with E-state index in [2.05, 4.69) is 4.98 Å². The van der Waals surface area contributed by atoms with Gasteiger partial charge >= 0.3 is 18.0 Å². The Labute approximate surface area is 196 Å². The zero-order valence-corrected chi connectivity index (χ0v) is 19.2. The van der Waals surface area contributed by atoms with E-state index in [0.29, 0.717) is 12.1 Å². The maximum atomic E-state index is 13.3. The van der Waals surface area contributed by atoms with E-state index in [1.165, 1.54) is 0 Å². The van der Waals surface area contributed by atoms with E-state index in [4.69, 9.17) is 4.74 Å². The standard InChI is InChI=1S/C24H22F6N2O3/c1-12(2)19-20(33)31-22(34)32(21(19)35-18-6-13(3)5-14(4)7-18)11-15-8-16(23(25,26)27)10-17(9-15)24(28,29)30/h5-10,12H,11H2,1-4H3,(H,31,33,34). The third kappa shape index (κ3) is 5.95. The van der Waals surface area contributed by atoms with Gasteiger partial charge in [0.2, 0.25) is 5.88 Å². The van der Waals surface area contributed by atoms with Gasteiger partial charge in [0.15, 0.2) is 0 Å². The van der Waals surface area contributed by atoms with Crippen LogP contribution in [0.25, 0.3) is 0 Å². The van der Waals surface area contributed by atoms with Crippen LogP contribution in [0.3, 0.4) is 0 Å². The Kier molecular flexibility index (Phi) is 6.92. The second-order valence-corrected chi connectivity index (χ2v) is 8.56. The molecule has 188 valence electrons. The summed E-state index contributed by atoms with van der Waals surface area (Å²) in [5, 5.41) is 0. The summed E-state index contributed by atoms with van der Waals surface area (Å²) < 4.78 is 86.6. The first-order valence-corrected chi connectivity index (χ1v) is 10.5. The van der Waals surface area contributed by atoms with Crippen LogP contribution in [-0.2, 0) is 18.9 Å². The van der Waals surface area contributed by atoms with Gasteiger partial charge in [-0.25, -0.2) is 4.79 Å². The van der Waals surface area contributed by atoms with E-state index in [9.17, 15) is 35.9 Å². The fourth-order valence-corrected chi connectivity index (χ4v) is 3.73. The third-order valence-electron chi connectivity index (χ3n) is 5.16. The van der Waals surface area contributed by atoms with Crippen LogP contribution in [0.2, 0.25) is 0 Å². The number of H-pyrrole nitrogens is 1. The number of rotatable bonds is 5. The molecule has 35 heavy (non-hydrogen) atoms. The molecule has 1 aromatic heterocycles. The molecule has 1 heterocycles. The van der Waals surface area contributed by atoms with Gasteiger partial charge in [0.05, 0.1) is 23.2 Å². The summed E-state index contributed by atoms with van der Waals surface area (Å²) >= 11 is 0. The molecule has 0 saturated carbocycles. The predicted molar refractivity (Wildman–Crippen MR) is 117 cm³/mol. The highest BCUT2D eigenvalue weighted by Crippen LogP contribution is 2.37. The highest BCUT2D eigenvalue weighted by Gasteiger charge is 2.37. The summed E-state index contributed by atoms with van der Waals surface area (Å²) in [6, 6.07) is 6.16. The van der Waals surface area contributed by atoms with E-state index in [-0.39, 0.29) is 23.3 Å². The monoisotopic (exact) mass is 500 g/mol. The summed E-state index contributed by atoms with van der Waals surface area (Å²) in [6.07, 6.45) is -10.1. The number of hydrogen-bond donors (Lipinski definition) is 1. The van der Waals surface area contributed by atoms with E-state index in [1.54, 1.807) is 39.8 Å². The number of hydrogen-bond acceptors (Lipinski definition) is 3. The lowest BCUT2D eigenvalue weighted by atomic mass is 10.0. The van der Waals surface area contributed by atoms with Gasteiger partial charge in [0.1, 0.15) is 5.75 Å². The molecule has 0 atom stereocenters. The van der Waals surface area contributed by atoms with Crippen molar-refractivity contribution in [2.24, 2.45) is 0 Å². The van der Waals surface area contributed by atoms with E-state index in [1.807, 2.05) is 6.07 Å². The summed E-state index contributed by atoms with van der Waals surface area (Å²) in [7, 11) is 0. The molecule has 11 heteroatoms. The van der Waals surface area contributed by atoms with Crippen LogP contribution in [0, 0.1) is 13.8 Å². The molecule has 2 aromatic carbocycles. The van der Waals surface area contributed by atoms with Gasteiger partial charge in [-0.3, -0.25) is 14.3 Å². The molecule has 5 nitrogen and oxygen atoms in total. The molecule has 0 aliphatic heterocycles. The Morgan fingerprint density at radius 2 is 1.37 bits per heavy atom. The fourth-order valence-electron chi connectivity index (χ4n) is 3.73. The molecule has 0 amide bonds. The lowest BCUT2D eigenvalue weighted by Crippen LogP contribution is -2.34. The van der Waals surface area contributed by atoms with Crippen molar-refractivity contribution in [3.8, 4) is 11.6 Å². The van der Waals surface area contributed by atoms with Crippen molar-refractivity contribution in [2.45, 2.75) is 52.5 Å². The molecule has 0 radical (unpaired) electrons. The zero-order valence-electron chi connectivity index (χ0n) is 19.2. The van der Waals surface area contributed by atoms with Crippen molar-refractivity contribution >= 4 is 0 Å². The van der Waals surface area contributed by atoms with Crippen LogP contribution in [0.4, 0.5) is 26.3 Å². The lowest BCUT2D eigenvalue weighted by Gasteiger charge is -2.20. The number of benzene rings is 2. The number of aromatic amines is 1. The van der Waals surface area contributed by atoms with Gasteiger partial charge in [0.25, 0.3) is 5.56 Å². The minimum Gasteiger partial charge on any atom is -0.440 e. The molecule has 3 aromatic rings. The Morgan fingerprint density at radius 3 is 1.83 bits per heavy atom. The molecule has 0 saturated heterocycles. The van der Waals surface area contributed by atoms with Gasteiger partial charge in [0, 0.05) is 0 Å². The van der Waals surface area contributed by atoms with Crippen LogP contribution < -0.4 is 16.0 Å². The average Bonchev–Trinajstić information content (AvgIpc) is 2.68. The van der Waals surface area contributed by atoms with Gasteiger partial charge in [-0.1, -0.05) is 19.9 Å². The minimum atomic E-state index is -5.05. The van der Waals surface area contributed by atoms with Crippen molar-refractivity contribution in [1.29, 1.82) is 0 Å². The van der Waals surface area contributed by atoms with Crippen molar-refractivity contribution in [3.05, 3.63) is 90.6 Å². The summed E-state index contributed by atoms with van der Waals surface area (Å²) in [6.45, 7) is 6.15. The quantitative estimate of drug-likeness (QED) is 0.427. The minimum absolute atomic E-state index is 0.00558. The third-order valence-corrected chi connectivity index (χ3v) is 5.16. The highest BCUT2D eigenvalue weighted by atomic mass is 19.4. The zero-order chi connectivity index (χ0) is 26.3.